The van der Waals surface area contributed by atoms with Crippen molar-refractivity contribution in [2.24, 2.45) is 5.92 Å². The van der Waals surface area contributed by atoms with Gasteiger partial charge in [0.1, 0.15) is 36.5 Å². The van der Waals surface area contributed by atoms with Crippen LogP contribution in [-0.2, 0) is 9.47 Å². The van der Waals surface area contributed by atoms with Gasteiger partial charge in [-0.3, -0.25) is 0 Å². The third-order valence-electron chi connectivity index (χ3n) is 9.44. The molecule has 0 saturated heterocycles. The molecule has 0 bridgehead atoms. The van der Waals surface area contributed by atoms with Gasteiger partial charge in [-0.25, -0.2) is 22.0 Å². The lowest BCUT2D eigenvalue weighted by Crippen LogP contribution is -2.28. The summed E-state index contributed by atoms with van der Waals surface area (Å²) in [5.74, 6) is -17.9. The summed E-state index contributed by atoms with van der Waals surface area (Å²) < 4.78 is 241. The summed E-state index contributed by atoms with van der Waals surface area (Å²) >= 11 is 0. The maximum Gasteiger partial charge on any atom is 0.429 e. The molecule has 0 saturated carbocycles. The van der Waals surface area contributed by atoms with Crippen LogP contribution in [0.5, 0.6) is 23.0 Å². The van der Waals surface area contributed by atoms with Crippen LogP contribution in [0.25, 0.3) is 0 Å². The molecule has 2 aromatic rings. The first-order valence-electron chi connectivity index (χ1n) is 21.1. The van der Waals surface area contributed by atoms with Crippen molar-refractivity contribution in [3.05, 3.63) is 131 Å². The molecule has 0 aliphatic rings. The summed E-state index contributed by atoms with van der Waals surface area (Å²) in [6, 6.07) is 2.89. The summed E-state index contributed by atoms with van der Waals surface area (Å²) in [6.45, 7) is 5.53. The summed E-state index contributed by atoms with van der Waals surface area (Å²) in [5.41, 5.74) is -3.21. The summed E-state index contributed by atoms with van der Waals surface area (Å²) in [7, 11) is 0. The molecule has 0 amide bonds. The van der Waals surface area contributed by atoms with Crippen molar-refractivity contribution in [1.29, 1.82) is 0 Å². The standard InChI is InChI=1S/C47H51F15O6/c1-5-63-36-21-23-38(43(55)41(36)53)67-46(59,60)33(30(4)50)20-18-32(27-48)66-26-14-10-8-12-16-31(40(52)45(57)58)15-11-7-9-13-25-65-29(3)17-19-34(35(51)28-49)47(61,62)68-39-24-22-37(64-6-2)42(54)44(39)56/h17-24,31H,3-16,25-28H2,1-2H3/b19-17-,32-18+,33-20+,35-34-. The molecule has 0 aliphatic carbocycles. The molecule has 0 radical (unpaired) electrons. The molecule has 6 nitrogen and oxygen atoms in total. The minimum Gasteiger partial charge on any atom is -0.495 e. The van der Waals surface area contributed by atoms with Crippen LogP contribution in [-0.4, -0.2) is 52.0 Å². The first-order chi connectivity index (χ1) is 32.1. The third kappa shape index (κ3) is 18.8. The fraction of sp³-hybridized carbons (Fsp3) is 0.447. The lowest BCUT2D eigenvalue weighted by Gasteiger charge is -2.20. The van der Waals surface area contributed by atoms with E-state index in [1.807, 2.05) is 0 Å². The Labute approximate surface area is 384 Å². The minimum absolute atomic E-state index is 0.0481. The highest BCUT2D eigenvalue weighted by molar-refractivity contribution is 5.39. The molecule has 0 N–H and O–H groups in total. The lowest BCUT2D eigenvalue weighted by atomic mass is 9.93. The van der Waals surface area contributed by atoms with Gasteiger partial charge in [-0.1, -0.05) is 51.7 Å². The fourth-order valence-electron chi connectivity index (χ4n) is 6.05. The fourth-order valence-corrected chi connectivity index (χ4v) is 6.05. The number of ether oxygens (including phenoxy) is 6. The van der Waals surface area contributed by atoms with Crippen LogP contribution >= 0.6 is 0 Å². The zero-order valence-electron chi connectivity index (χ0n) is 37.0. The highest BCUT2D eigenvalue weighted by Gasteiger charge is 2.41. The summed E-state index contributed by atoms with van der Waals surface area (Å²) in [4.78, 5) is 0. The molecule has 380 valence electrons. The number of hydrogen-bond acceptors (Lipinski definition) is 6. The average molecular weight is 997 g/mol. The van der Waals surface area contributed by atoms with Crippen molar-refractivity contribution < 1.29 is 94.3 Å². The first kappa shape index (κ1) is 58.5. The van der Waals surface area contributed by atoms with E-state index in [0.29, 0.717) is 75.3 Å². The Bertz CT molecular complexity index is 2110. The molecular weight excluding hydrogens is 945 g/mol. The van der Waals surface area contributed by atoms with Crippen LogP contribution in [0.4, 0.5) is 65.9 Å². The maximum absolute atomic E-state index is 14.9. The second-order valence-electron chi connectivity index (χ2n) is 14.4. The van der Waals surface area contributed by atoms with Crippen LogP contribution < -0.4 is 18.9 Å². The maximum atomic E-state index is 14.9. The monoisotopic (exact) mass is 996 g/mol. The lowest BCUT2D eigenvalue weighted by molar-refractivity contribution is -0.143. The van der Waals surface area contributed by atoms with Crippen LogP contribution in [0.1, 0.15) is 78.1 Å². The molecule has 0 aromatic heterocycles. The molecule has 0 aliphatic heterocycles. The number of halogens is 15. The number of allylic oxidation sites excluding steroid dienone is 6. The van der Waals surface area contributed by atoms with Crippen LogP contribution in [0.15, 0.2) is 108 Å². The van der Waals surface area contributed by atoms with Crippen LogP contribution in [0.2, 0.25) is 0 Å². The van der Waals surface area contributed by atoms with Gasteiger partial charge in [-0.15, -0.1) is 0 Å². The summed E-state index contributed by atoms with van der Waals surface area (Å²) in [5, 5.41) is 0. The topological polar surface area (TPSA) is 55.4 Å². The van der Waals surface area contributed by atoms with Gasteiger partial charge in [-0.2, -0.15) is 43.9 Å². The Hall–Kier alpha value is -5.63. The molecule has 0 spiro atoms. The smallest absolute Gasteiger partial charge is 0.429 e. The number of unbranched alkanes of at least 4 members (excludes halogenated alkanes) is 6. The molecule has 68 heavy (non-hydrogen) atoms. The van der Waals surface area contributed by atoms with Crippen LogP contribution in [0, 0.1) is 29.2 Å². The van der Waals surface area contributed by atoms with Crippen molar-refractivity contribution >= 4 is 0 Å². The van der Waals surface area contributed by atoms with E-state index < -0.39 is 118 Å². The molecular formula is C47H51F15O6. The van der Waals surface area contributed by atoms with Crippen molar-refractivity contribution in [2.75, 3.05) is 39.8 Å². The number of alkyl halides is 6. The zero-order chi connectivity index (χ0) is 51.0. The second-order valence-corrected chi connectivity index (χ2v) is 14.4. The Balaban J connectivity index is 1.82. The molecule has 21 heteroatoms. The Morgan fingerprint density at radius 1 is 0.588 bits per heavy atom. The van der Waals surface area contributed by atoms with E-state index in [2.05, 4.69) is 22.6 Å². The number of benzene rings is 2. The van der Waals surface area contributed by atoms with E-state index in [4.69, 9.17) is 18.9 Å². The Morgan fingerprint density at radius 3 is 1.50 bits per heavy atom. The van der Waals surface area contributed by atoms with E-state index >= 15 is 0 Å². The largest absolute Gasteiger partial charge is 0.495 e. The second kappa shape index (κ2) is 29.3. The molecule has 1 unspecified atom stereocenters. The Kier molecular flexibility index (Phi) is 25.2. The van der Waals surface area contributed by atoms with Crippen molar-refractivity contribution in [3.8, 4) is 23.0 Å². The highest BCUT2D eigenvalue weighted by atomic mass is 19.3. The minimum atomic E-state index is -4.69. The van der Waals surface area contributed by atoms with Gasteiger partial charge in [0.2, 0.25) is 23.3 Å². The number of hydrogen-bond donors (Lipinski definition) is 0. The molecule has 1 atom stereocenters. The van der Waals surface area contributed by atoms with Crippen molar-refractivity contribution in [1.82, 2.24) is 0 Å². The normalized spacial score (nSPS) is 13.2. The van der Waals surface area contributed by atoms with Crippen LogP contribution in [0.3, 0.4) is 0 Å². The van der Waals surface area contributed by atoms with E-state index in [-0.39, 0.29) is 51.4 Å². The molecule has 2 aromatic carbocycles. The highest BCUT2D eigenvalue weighted by Crippen LogP contribution is 2.38. The Morgan fingerprint density at radius 2 is 1.04 bits per heavy atom. The molecule has 2 rings (SSSR count). The zero-order valence-corrected chi connectivity index (χ0v) is 37.0. The average Bonchev–Trinajstić information content (AvgIpc) is 3.28. The molecule has 0 heterocycles. The van der Waals surface area contributed by atoms with E-state index in [1.165, 1.54) is 13.8 Å². The van der Waals surface area contributed by atoms with Gasteiger partial charge >= 0.3 is 18.3 Å². The third-order valence-corrected chi connectivity index (χ3v) is 9.44. The van der Waals surface area contributed by atoms with E-state index in [9.17, 15) is 65.9 Å². The van der Waals surface area contributed by atoms with Gasteiger partial charge < -0.3 is 28.4 Å². The number of rotatable bonds is 33. The van der Waals surface area contributed by atoms with Gasteiger partial charge in [-0.05, 0) is 88.1 Å². The van der Waals surface area contributed by atoms with Gasteiger partial charge in [0.25, 0.3) is 0 Å². The van der Waals surface area contributed by atoms with Gasteiger partial charge in [0, 0.05) is 5.92 Å². The van der Waals surface area contributed by atoms with Gasteiger partial charge in [0.05, 0.1) is 37.6 Å². The predicted octanol–water partition coefficient (Wildman–Crippen LogP) is 15.8. The van der Waals surface area contributed by atoms with E-state index in [0.717, 1.165) is 18.2 Å². The SMILES string of the molecule is C=C(/C=C\C(=C(\F)CF)C(F)(F)Oc1ccc(OCC)c(F)c1F)OCCCCCCC(CCCCCCO/C(=C/C=C(\C(=C)F)C(F)(F)Oc1ccc(OCC)c(F)c1F)CF)C(F)=C(F)F. The first-order valence-corrected chi connectivity index (χ1v) is 21.1. The quantitative estimate of drug-likeness (QED) is 0.0307. The van der Waals surface area contributed by atoms with Crippen molar-refractivity contribution in [2.45, 2.75) is 90.3 Å². The molecule has 0 fully saturated rings. The van der Waals surface area contributed by atoms with E-state index in [1.54, 1.807) is 0 Å². The summed E-state index contributed by atoms with van der Waals surface area (Å²) in [6.07, 6.45) is -6.53. The predicted molar refractivity (Wildman–Crippen MR) is 223 cm³/mol. The van der Waals surface area contributed by atoms with Crippen molar-refractivity contribution in [3.63, 3.8) is 0 Å². The van der Waals surface area contributed by atoms with Gasteiger partial charge in [0.15, 0.2) is 28.8 Å².